The fraction of sp³-hybridized carbons (Fsp3) is 0.500. The minimum Gasteiger partial charge on any atom is -0.394 e. The SMILES string of the molecule is OC[C@@H](O)[C@@H]1O[C@H](c2ccccc2)OC[C@@H]1O. The minimum absolute atomic E-state index is 0.0707. The Bertz CT molecular complexity index is 338. The molecule has 1 aromatic rings. The van der Waals surface area contributed by atoms with Crippen molar-refractivity contribution >= 4 is 0 Å². The summed E-state index contributed by atoms with van der Waals surface area (Å²) in [5.74, 6) is 0. The molecule has 1 aliphatic rings. The van der Waals surface area contributed by atoms with Gasteiger partial charge in [0.25, 0.3) is 0 Å². The Morgan fingerprint density at radius 2 is 2.00 bits per heavy atom. The molecule has 0 amide bonds. The summed E-state index contributed by atoms with van der Waals surface area (Å²) in [5, 5.41) is 28.0. The lowest BCUT2D eigenvalue weighted by molar-refractivity contribution is -0.277. The number of hydrogen-bond donors (Lipinski definition) is 3. The van der Waals surface area contributed by atoms with Gasteiger partial charge in [-0.05, 0) is 0 Å². The zero-order valence-corrected chi connectivity index (χ0v) is 9.27. The van der Waals surface area contributed by atoms with E-state index in [-0.39, 0.29) is 6.61 Å². The van der Waals surface area contributed by atoms with Gasteiger partial charge in [-0.1, -0.05) is 30.3 Å². The van der Waals surface area contributed by atoms with Crippen LogP contribution in [0.5, 0.6) is 0 Å². The van der Waals surface area contributed by atoms with Gasteiger partial charge in [0.1, 0.15) is 18.3 Å². The molecule has 0 aromatic heterocycles. The van der Waals surface area contributed by atoms with E-state index in [1.54, 1.807) is 0 Å². The van der Waals surface area contributed by atoms with Crippen LogP contribution in [0.2, 0.25) is 0 Å². The van der Waals surface area contributed by atoms with Gasteiger partial charge in [-0.15, -0.1) is 0 Å². The molecule has 4 atom stereocenters. The molecular weight excluding hydrogens is 224 g/mol. The van der Waals surface area contributed by atoms with Gasteiger partial charge in [0, 0.05) is 5.56 Å². The average Bonchev–Trinajstić information content (AvgIpc) is 2.39. The second kappa shape index (κ2) is 5.57. The number of ether oxygens (including phenoxy) is 2. The first kappa shape index (κ1) is 12.5. The van der Waals surface area contributed by atoms with Gasteiger partial charge in [-0.25, -0.2) is 0 Å². The summed E-state index contributed by atoms with van der Waals surface area (Å²) in [6, 6.07) is 9.26. The van der Waals surface area contributed by atoms with Crippen LogP contribution in [0.3, 0.4) is 0 Å². The zero-order chi connectivity index (χ0) is 12.3. The summed E-state index contributed by atoms with van der Waals surface area (Å²) in [4.78, 5) is 0. The lowest BCUT2D eigenvalue weighted by Crippen LogP contribution is -2.48. The largest absolute Gasteiger partial charge is 0.394 e. The number of hydrogen-bond acceptors (Lipinski definition) is 5. The van der Waals surface area contributed by atoms with Crippen molar-refractivity contribution in [2.24, 2.45) is 0 Å². The predicted octanol–water partition coefficient (Wildman–Crippen LogP) is -0.185. The molecule has 1 aromatic carbocycles. The van der Waals surface area contributed by atoms with Gasteiger partial charge >= 0.3 is 0 Å². The molecule has 94 valence electrons. The van der Waals surface area contributed by atoms with Crippen LogP contribution in [0.25, 0.3) is 0 Å². The summed E-state index contributed by atoms with van der Waals surface area (Å²) in [5.41, 5.74) is 0.814. The third kappa shape index (κ3) is 2.83. The lowest BCUT2D eigenvalue weighted by Gasteiger charge is -2.36. The first-order valence-electron chi connectivity index (χ1n) is 5.51. The fourth-order valence-corrected chi connectivity index (χ4v) is 1.79. The monoisotopic (exact) mass is 240 g/mol. The normalized spacial score (nSPS) is 31.1. The maximum absolute atomic E-state index is 9.61. The Labute approximate surface area is 99.2 Å². The van der Waals surface area contributed by atoms with Gasteiger partial charge in [0.05, 0.1) is 13.2 Å². The highest BCUT2D eigenvalue weighted by molar-refractivity contribution is 5.16. The first-order valence-corrected chi connectivity index (χ1v) is 5.51. The van der Waals surface area contributed by atoms with Gasteiger partial charge in [0.15, 0.2) is 6.29 Å². The lowest BCUT2D eigenvalue weighted by atomic mass is 10.1. The number of benzene rings is 1. The molecule has 0 radical (unpaired) electrons. The Morgan fingerprint density at radius 3 is 2.65 bits per heavy atom. The summed E-state index contributed by atoms with van der Waals surface area (Å²) in [6.07, 6.45) is -3.50. The number of aliphatic hydroxyl groups is 3. The Kier molecular flexibility index (Phi) is 4.09. The molecule has 0 aliphatic carbocycles. The van der Waals surface area contributed by atoms with Crippen molar-refractivity contribution in [2.75, 3.05) is 13.2 Å². The van der Waals surface area contributed by atoms with Gasteiger partial charge in [-0.2, -0.15) is 0 Å². The van der Waals surface area contributed by atoms with E-state index >= 15 is 0 Å². The molecule has 1 aliphatic heterocycles. The van der Waals surface area contributed by atoms with E-state index in [1.165, 1.54) is 0 Å². The van der Waals surface area contributed by atoms with E-state index < -0.39 is 31.2 Å². The zero-order valence-electron chi connectivity index (χ0n) is 9.27. The van der Waals surface area contributed by atoms with Crippen molar-refractivity contribution in [1.29, 1.82) is 0 Å². The smallest absolute Gasteiger partial charge is 0.184 e. The Hall–Kier alpha value is -0.980. The maximum Gasteiger partial charge on any atom is 0.184 e. The van der Waals surface area contributed by atoms with E-state index in [1.807, 2.05) is 30.3 Å². The Balaban J connectivity index is 2.08. The standard InChI is InChI=1S/C12H16O5/c13-6-9(14)11-10(15)7-16-12(17-11)8-4-2-1-3-5-8/h1-5,9-15H,6-7H2/t9-,10+,11+,12-/m1/s1. The summed E-state index contributed by atoms with van der Waals surface area (Å²) < 4.78 is 10.8. The van der Waals surface area contributed by atoms with Crippen molar-refractivity contribution in [1.82, 2.24) is 0 Å². The third-order valence-electron chi connectivity index (χ3n) is 2.72. The van der Waals surface area contributed by atoms with Gasteiger partial charge in [0.2, 0.25) is 0 Å². The second-order valence-electron chi connectivity index (χ2n) is 3.99. The predicted molar refractivity (Wildman–Crippen MR) is 59.1 cm³/mol. The molecule has 1 fully saturated rings. The fourth-order valence-electron chi connectivity index (χ4n) is 1.79. The Morgan fingerprint density at radius 1 is 1.29 bits per heavy atom. The van der Waals surface area contributed by atoms with E-state index in [0.29, 0.717) is 0 Å². The van der Waals surface area contributed by atoms with Crippen molar-refractivity contribution in [3.63, 3.8) is 0 Å². The molecule has 3 N–H and O–H groups in total. The number of aliphatic hydroxyl groups excluding tert-OH is 3. The molecule has 0 unspecified atom stereocenters. The van der Waals surface area contributed by atoms with Crippen molar-refractivity contribution in [2.45, 2.75) is 24.6 Å². The third-order valence-corrected chi connectivity index (χ3v) is 2.72. The molecule has 0 bridgehead atoms. The van der Waals surface area contributed by atoms with Crippen LogP contribution in [0, 0.1) is 0 Å². The molecule has 5 heteroatoms. The highest BCUT2D eigenvalue weighted by Gasteiger charge is 2.35. The summed E-state index contributed by atoms with van der Waals surface area (Å²) in [7, 11) is 0. The molecule has 0 spiro atoms. The van der Waals surface area contributed by atoms with Crippen LogP contribution < -0.4 is 0 Å². The molecule has 1 heterocycles. The van der Waals surface area contributed by atoms with E-state index in [9.17, 15) is 10.2 Å². The quantitative estimate of drug-likeness (QED) is 0.682. The highest BCUT2D eigenvalue weighted by Crippen LogP contribution is 2.27. The van der Waals surface area contributed by atoms with Crippen LogP contribution in [0.15, 0.2) is 30.3 Å². The number of rotatable bonds is 3. The summed E-state index contributed by atoms with van der Waals surface area (Å²) >= 11 is 0. The van der Waals surface area contributed by atoms with E-state index in [2.05, 4.69) is 0 Å². The maximum atomic E-state index is 9.61. The second-order valence-corrected chi connectivity index (χ2v) is 3.99. The van der Waals surface area contributed by atoms with Crippen LogP contribution >= 0.6 is 0 Å². The van der Waals surface area contributed by atoms with Crippen molar-refractivity contribution in [3.8, 4) is 0 Å². The highest BCUT2D eigenvalue weighted by atomic mass is 16.7. The van der Waals surface area contributed by atoms with Crippen LogP contribution in [-0.4, -0.2) is 46.8 Å². The van der Waals surface area contributed by atoms with Gasteiger partial charge in [-0.3, -0.25) is 0 Å². The molecule has 17 heavy (non-hydrogen) atoms. The average molecular weight is 240 g/mol. The van der Waals surface area contributed by atoms with E-state index in [4.69, 9.17) is 14.6 Å². The molecule has 2 rings (SSSR count). The van der Waals surface area contributed by atoms with Crippen molar-refractivity contribution < 1.29 is 24.8 Å². The van der Waals surface area contributed by atoms with Crippen molar-refractivity contribution in [3.05, 3.63) is 35.9 Å². The first-order chi connectivity index (χ1) is 8.22. The summed E-state index contributed by atoms with van der Waals surface area (Å²) in [6.45, 7) is -0.384. The van der Waals surface area contributed by atoms with E-state index in [0.717, 1.165) is 5.56 Å². The topological polar surface area (TPSA) is 79.2 Å². The van der Waals surface area contributed by atoms with Gasteiger partial charge < -0.3 is 24.8 Å². The molecule has 5 nitrogen and oxygen atoms in total. The molecule has 1 saturated heterocycles. The van der Waals surface area contributed by atoms with Crippen LogP contribution in [0.4, 0.5) is 0 Å². The molecule has 0 saturated carbocycles. The van der Waals surface area contributed by atoms with Crippen LogP contribution in [-0.2, 0) is 9.47 Å². The van der Waals surface area contributed by atoms with Crippen LogP contribution in [0.1, 0.15) is 11.9 Å². The molecular formula is C12H16O5. The minimum atomic E-state index is -1.11.